The molecule has 98 valence electrons. The molecular weight excluding hydrogens is 283 g/mol. The highest BCUT2D eigenvalue weighted by atomic mass is 79.9. The van der Waals surface area contributed by atoms with Crippen molar-refractivity contribution in [2.75, 3.05) is 6.54 Å². The molecule has 1 rings (SSSR count). The maximum atomic E-state index is 9.29. The van der Waals surface area contributed by atoms with Gasteiger partial charge < -0.3 is 21.9 Å². The van der Waals surface area contributed by atoms with Crippen molar-refractivity contribution < 1.29 is 10.0 Å². The number of benzene rings is 1. The van der Waals surface area contributed by atoms with Crippen molar-refractivity contribution >= 4 is 29.6 Å². The van der Waals surface area contributed by atoms with Gasteiger partial charge >= 0.3 is 7.12 Å². The molecule has 0 aliphatic carbocycles. The summed E-state index contributed by atoms with van der Waals surface area (Å²) in [5, 5.41) is 18.6. The number of hydrogen-bond acceptors (Lipinski definition) is 4. The molecule has 0 radical (unpaired) electrons. The fourth-order valence-corrected chi connectivity index (χ4v) is 1.87. The number of rotatable bonds is 3. The van der Waals surface area contributed by atoms with Crippen LogP contribution in [0.3, 0.4) is 0 Å². The highest BCUT2D eigenvalue weighted by molar-refractivity contribution is 8.93. The molecule has 0 unspecified atom stereocenters. The van der Waals surface area contributed by atoms with Crippen LogP contribution in [0.5, 0.6) is 0 Å². The van der Waals surface area contributed by atoms with Crippen LogP contribution < -0.4 is 17.3 Å². The maximum Gasteiger partial charge on any atom is 0.488 e. The van der Waals surface area contributed by atoms with E-state index in [9.17, 15) is 10.0 Å². The molecule has 17 heavy (non-hydrogen) atoms. The van der Waals surface area contributed by atoms with Crippen LogP contribution in [0, 0.1) is 20.8 Å². The lowest BCUT2D eigenvalue weighted by atomic mass is 9.73. The van der Waals surface area contributed by atoms with Crippen molar-refractivity contribution in [1.82, 2.24) is 6.15 Å². The number of nitrogens with two attached hydrogens (primary N) is 1. The normalized spacial score (nSPS) is 9.29. The molecule has 0 amide bonds. The van der Waals surface area contributed by atoms with Crippen LogP contribution in [0.25, 0.3) is 0 Å². The monoisotopic (exact) mass is 304 g/mol. The van der Waals surface area contributed by atoms with Gasteiger partial charge in [-0.3, -0.25) is 0 Å². The summed E-state index contributed by atoms with van der Waals surface area (Å²) >= 11 is 0. The fraction of sp³-hybridized carbons (Fsp3) is 0.455. The van der Waals surface area contributed by atoms with Crippen LogP contribution in [0.2, 0.25) is 0 Å². The van der Waals surface area contributed by atoms with Crippen LogP contribution >= 0.6 is 17.0 Å². The highest BCUT2D eigenvalue weighted by Gasteiger charge is 2.19. The molecule has 1 aromatic rings. The molecule has 0 saturated heterocycles. The summed E-state index contributed by atoms with van der Waals surface area (Å²) in [5.74, 6) is 0. The van der Waals surface area contributed by atoms with E-state index in [1.165, 1.54) is 5.56 Å². The average Bonchev–Trinajstić information content (AvgIpc) is 2.18. The molecular formula is C11H22BBrN2O2. The zero-order valence-corrected chi connectivity index (χ0v) is 12.4. The SMILES string of the molecule is Br.Cc1cc(B(O)O)c(CCN)c(C)c1C.N. The summed E-state index contributed by atoms with van der Waals surface area (Å²) in [5.41, 5.74) is 10.5. The van der Waals surface area contributed by atoms with E-state index in [4.69, 9.17) is 5.73 Å². The van der Waals surface area contributed by atoms with Gasteiger partial charge in [0.2, 0.25) is 0 Å². The molecule has 0 atom stereocenters. The van der Waals surface area contributed by atoms with Crippen LogP contribution in [-0.2, 0) is 6.42 Å². The molecule has 0 bridgehead atoms. The largest absolute Gasteiger partial charge is 0.488 e. The van der Waals surface area contributed by atoms with Gasteiger partial charge in [0.25, 0.3) is 0 Å². The molecule has 0 fully saturated rings. The second-order valence-corrected chi connectivity index (χ2v) is 3.92. The number of halogens is 1. The summed E-state index contributed by atoms with van der Waals surface area (Å²) in [6.45, 7) is 6.53. The minimum absolute atomic E-state index is 0. The summed E-state index contributed by atoms with van der Waals surface area (Å²) in [6, 6.07) is 1.83. The minimum Gasteiger partial charge on any atom is -0.423 e. The third-order valence-electron chi connectivity index (χ3n) is 3.00. The lowest BCUT2D eigenvalue weighted by molar-refractivity contribution is 0.425. The average molecular weight is 305 g/mol. The first kappa shape index (κ1) is 19.0. The molecule has 0 aliphatic rings. The molecule has 1 aromatic carbocycles. The van der Waals surface area contributed by atoms with E-state index in [0.717, 1.165) is 16.7 Å². The zero-order valence-electron chi connectivity index (χ0n) is 10.7. The van der Waals surface area contributed by atoms with Crippen molar-refractivity contribution in [3.63, 3.8) is 0 Å². The van der Waals surface area contributed by atoms with Gasteiger partial charge in [0, 0.05) is 0 Å². The third kappa shape index (κ3) is 4.08. The molecule has 0 aromatic heterocycles. The molecule has 0 saturated carbocycles. The molecule has 7 N–H and O–H groups in total. The van der Waals surface area contributed by atoms with Crippen molar-refractivity contribution in [3.05, 3.63) is 28.3 Å². The maximum absolute atomic E-state index is 9.29. The number of hydrogen-bond donors (Lipinski definition) is 4. The topological polar surface area (TPSA) is 101 Å². The predicted molar refractivity (Wildman–Crippen MR) is 78.6 cm³/mol. The first-order valence-electron chi connectivity index (χ1n) is 5.14. The van der Waals surface area contributed by atoms with Gasteiger partial charge in [-0.2, -0.15) is 0 Å². The highest BCUT2D eigenvalue weighted by Crippen LogP contribution is 2.16. The van der Waals surface area contributed by atoms with Crippen LogP contribution in [0.4, 0.5) is 0 Å². The lowest BCUT2D eigenvalue weighted by Crippen LogP contribution is -2.35. The number of aryl methyl sites for hydroxylation is 1. The van der Waals surface area contributed by atoms with Gasteiger partial charge in [-0.25, -0.2) is 0 Å². The van der Waals surface area contributed by atoms with Crippen molar-refractivity contribution in [2.24, 2.45) is 5.73 Å². The van der Waals surface area contributed by atoms with Crippen LogP contribution in [-0.4, -0.2) is 23.7 Å². The Kier molecular flexibility index (Phi) is 8.74. The van der Waals surface area contributed by atoms with E-state index >= 15 is 0 Å². The van der Waals surface area contributed by atoms with Gasteiger partial charge in [0.1, 0.15) is 0 Å². The van der Waals surface area contributed by atoms with E-state index in [1.54, 1.807) is 0 Å². The first-order valence-corrected chi connectivity index (χ1v) is 5.14. The van der Waals surface area contributed by atoms with E-state index in [2.05, 4.69) is 0 Å². The van der Waals surface area contributed by atoms with E-state index in [1.807, 2.05) is 26.8 Å². The Morgan fingerprint density at radius 3 is 2.12 bits per heavy atom. The van der Waals surface area contributed by atoms with E-state index < -0.39 is 7.12 Å². The minimum atomic E-state index is -1.41. The second kappa shape index (κ2) is 7.84. The predicted octanol–water partition coefficient (Wildman–Crippen LogP) is 0.533. The zero-order chi connectivity index (χ0) is 11.6. The Morgan fingerprint density at radius 1 is 1.18 bits per heavy atom. The summed E-state index contributed by atoms with van der Waals surface area (Å²) in [7, 11) is -1.41. The van der Waals surface area contributed by atoms with Crippen LogP contribution in [0.1, 0.15) is 22.3 Å². The Bertz CT molecular complexity index is 373. The first-order chi connectivity index (χ1) is 6.99. The molecule has 6 heteroatoms. The smallest absolute Gasteiger partial charge is 0.423 e. The van der Waals surface area contributed by atoms with Crippen molar-refractivity contribution in [1.29, 1.82) is 0 Å². The molecule has 0 spiro atoms. The lowest BCUT2D eigenvalue weighted by Gasteiger charge is -2.16. The quantitative estimate of drug-likeness (QED) is 0.612. The molecule has 4 nitrogen and oxygen atoms in total. The van der Waals surface area contributed by atoms with Gasteiger partial charge in [-0.15, -0.1) is 17.0 Å². The standard InChI is InChI=1S/C11H18BNO2.BrH.H3N/c1-7-6-11(12(14)15)10(4-5-13)9(3)8(7)2;;/h6,14-15H,4-5,13H2,1-3H3;1H;1H3. The Hall–Kier alpha value is -0.395. The fourth-order valence-electron chi connectivity index (χ4n) is 1.87. The van der Waals surface area contributed by atoms with Gasteiger partial charge in [0.15, 0.2) is 0 Å². The second-order valence-electron chi connectivity index (χ2n) is 3.92. The summed E-state index contributed by atoms with van der Waals surface area (Å²) in [6.07, 6.45) is 0.680. The van der Waals surface area contributed by atoms with Gasteiger partial charge in [-0.05, 0) is 61.5 Å². The third-order valence-corrected chi connectivity index (χ3v) is 3.00. The van der Waals surface area contributed by atoms with Crippen molar-refractivity contribution in [2.45, 2.75) is 27.2 Å². The summed E-state index contributed by atoms with van der Waals surface area (Å²) < 4.78 is 0. The molecule has 0 heterocycles. The van der Waals surface area contributed by atoms with Gasteiger partial charge in [0.05, 0.1) is 0 Å². The Labute approximate surface area is 114 Å². The van der Waals surface area contributed by atoms with Crippen molar-refractivity contribution in [3.8, 4) is 0 Å². The Morgan fingerprint density at radius 2 is 1.71 bits per heavy atom. The van der Waals surface area contributed by atoms with E-state index in [-0.39, 0.29) is 23.1 Å². The Balaban J connectivity index is 0. The molecule has 0 aliphatic heterocycles. The summed E-state index contributed by atoms with van der Waals surface area (Å²) in [4.78, 5) is 0. The van der Waals surface area contributed by atoms with E-state index in [0.29, 0.717) is 18.4 Å². The van der Waals surface area contributed by atoms with Gasteiger partial charge in [-0.1, -0.05) is 6.07 Å². The van der Waals surface area contributed by atoms with Crippen LogP contribution in [0.15, 0.2) is 6.07 Å².